The zero-order valence-corrected chi connectivity index (χ0v) is 39.7. The zero-order valence-electron chi connectivity index (χ0n) is 39.7. The number of aryl methyl sites for hydroxylation is 1. The van der Waals surface area contributed by atoms with Crippen LogP contribution in [0.3, 0.4) is 0 Å². The van der Waals surface area contributed by atoms with Crippen LogP contribution in [0.25, 0.3) is 10.9 Å². The Balaban J connectivity index is 1.43. The van der Waals surface area contributed by atoms with Gasteiger partial charge in [0.1, 0.15) is 43.7 Å². The van der Waals surface area contributed by atoms with E-state index in [2.05, 4.69) is 39.2 Å². The molecule has 1 fully saturated rings. The largest absolute Gasteiger partial charge is 0.489 e. The van der Waals surface area contributed by atoms with Gasteiger partial charge in [0.2, 0.25) is 17.7 Å². The van der Waals surface area contributed by atoms with Crippen LogP contribution in [-0.4, -0.2) is 120 Å². The maximum atomic E-state index is 14.8. The Hall–Kier alpha value is -7.04. The molecule has 0 spiro atoms. The van der Waals surface area contributed by atoms with Gasteiger partial charge in [0.15, 0.2) is 5.75 Å². The average molecular weight is 936 g/mol. The van der Waals surface area contributed by atoms with Crippen LogP contribution in [0.15, 0.2) is 96.7 Å². The fraction of sp³-hybridized carbons (Fsp3) is 0.451. The van der Waals surface area contributed by atoms with Crippen molar-refractivity contribution < 1.29 is 47.5 Å². The van der Waals surface area contributed by atoms with Crippen LogP contribution in [0.2, 0.25) is 0 Å². The van der Waals surface area contributed by atoms with Crippen LogP contribution in [0, 0.1) is 18.8 Å². The Morgan fingerprint density at radius 1 is 0.897 bits per heavy atom. The first-order valence-electron chi connectivity index (χ1n) is 23.1. The van der Waals surface area contributed by atoms with Crippen molar-refractivity contribution in [2.24, 2.45) is 11.8 Å². The van der Waals surface area contributed by atoms with Gasteiger partial charge in [0.05, 0.1) is 35.4 Å². The predicted octanol–water partition coefficient (Wildman–Crippen LogP) is 5.90. The minimum atomic E-state index is -1.36. The van der Waals surface area contributed by atoms with E-state index in [1.165, 1.54) is 35.2 Å². The number of rotatable bonds is 25. The second-order valence-corrected chi connectivity index (χ2v) is 17.5. The van der Waals surface area contributed by atoms with Crippen LogP contribution in [0.4, 0.5) is 4.79 Å². The lowest BCUT2D eigenvalue weighted by Crippen LogP contribution is -2.58. The zero-order chi connectivity index (χ0) is 49.2. The van der Waals surface area contributed by atoms with Gasteiger partial charge in [-0.2, -0.15) is 0 Å². The van der Waals surface area contributed by atoms with Crippen LogP contribution in [0.5, 0.6) is 5.75 Å². The Morgan fingerprint density at radius 3 is 2.26 bits per heavy atom. The highest BCUT2D eigenvalue weighted by atomic mass is 16.6. The van der Waals surface area contributed by atoms with Gasteiger partial charge in [-0.05, 0) is 56.1 Å². The van der Waals surface area contributed by atoms with Crippen molar-refractivity contribution in [3.05, 3.63) is 115 Å². The lowest BCUT2D eigenvalue weighted by Gasteiger charge is -2.37. The molecule has 17 nitrogen and oxygen atoms in total. The van der Waals surface area contributed by atoms with Gasteiger partial charge in [0, 0.05) is 38.5 Å². The number of benzene rings is 2. The van der Waals surface area contributed by atoms with Crippen LogP contribution >= 0.6 is 0 Å². The Morgan fingerprint density at radius 2 is 1.59 bits per heavy atom. The lowest BCUT2D eigenvalue weighted by molar-refractivity contribution is -0.145. The number of carbonyl (C=O) groups excluding carboxylic acids is 6. The van der Waals surface area contributed by atoms with Crippen molar-refractivity contribution in [3.8, 4) is 5.75 Å². The highest BCUT2D eigenvalue weighted by Crippen LogP contribution is 2.32. The number of carbonyl (C=O) groups is 6. The molecule has 0 unspecified atom stereocenters. The molecule has 0 aliphatic heterocycles. The molecule has 1 saturated carbocycles. The number of hydrogen-bond donors (Lipinski definition) is 3. The first kappa shape index (κ1) is 51.9. The molecule has 68 heavy (non-hydrogen) atoms. The number of para-hydroxylation sites is 1. The molecule has 364 valence electrons. The summed E-state index contributed by atoms with van der Waals surface area (Å²) in [6.45, 7) is 12.8. The molecule has 0 saturated heterocycles. The van der Waals surface area contributed by atoms with E-state index in [9.17, 15) is 28.8 Å². The smallest absolute Gasteiger partial charge is 0.410 e. The van der Waals surface area contributed by atoms with Gasteiger partial charge in [-0.3, -0.25) is 33.9 Å². The third-order valence-corrected chi connectivity index (χ3v) is 11.7. The van der Waals surface area contributed by atoms with Crippen molar-refractivity contribution >= 4 is 46.6 Å². The van der Waals surface area contributed by atoms with Gasteiger partial charge in [-0.1, -0.05) is 106 Å². The van der Waals surface area contributed by atoms with Crippen molar-refractivity contribution in [2.75, 3.05) is 40.5 Å². The summed E-state index contributed by atoms with van der Waals surface area (Å²) in [5, 5.41) is 13.0. The molecule has 0 radical (unpaired) electrons. The maximum Gasteiger partial charge on any atom is 0.410 e. The quantitative estimate of drug-likeness (QED) is 0.0524. The fourth-order valence-electron chi connectivity index (χ4n) is 8.36. The topological polar surface area (TPSA) is 212 Å². The molecule has 2 aromatic heterocycles. The lowest BCUT2D eigenvalue weighted by atomic mass is 9.93. The van der Waals surface area contributed by atoms with Crippen LogP contribution in [0.1, 0.15) is 79.7 Å². The van der Waals surface area contributed by atoms with E-state index in [4.69, 9.17) is 18.7 Å². The first-order chi connectivity index (χ1) is 32.7. The number of ether oxygens (including phenoxy) is 3. The van der Waals surface area contributed by atoms with Crippen molar-refractivity contribution in [3.63, 3.8) is 0 Å². The molecule has 4 aromatic rings. The monoisotopic (exact) mass is 935 g/mol. The summed E-state index contributed by atoms with van der Waals surface area (Å²) in [7, 11) is 3.13. The number of likely N-dealkylation sites (N-methyl/N-ethyl adjacent to an activating group) is 2. The van der Waals surface area contributed by atoms with Crippen molar-refractivity contribution in [2.45, 2.75) is 96.3 Å². The van der Waals surface area contributed by atoms with Gasteiger partial charge in [-0.15, -0.1) is 0 Å². The van der Waals surface area contributed by atoms with E-state index in [0.717, 1.165) is 31.2 Å². The van der Waals surface area contributed by atoms with Gasteiger partial charge < -0.3 is 39.6 Å². The number of esters is 1. The summed E-state index contributed by atoms with van der Waals surface area (Å²) >= 11 is 0. The Bertz CT molecular complexity index is 2360. The summed E-state index contributed by atoms with van der Waals surface area (Å²) in [6.07, 6.45) is 7.35. The summed E-state index contributed by atoms with van der Waals surface area (Å²) in [6, 6.07) is 14.4. The minimum absolute atomic E-state index is 0.0164. The molecule has 2 aromatic carbocycles. The number of aromatic nitrogens is 2. The predicted molar refractivity (Wildman–Crippen MR) is 255 cm³/mol. The Labute approximate surface area is 398 Å². The molecular formula is C51H65N7O10. The van der Waals surface area contributed by atoms with E-state index < -0.39 is 54.5 Å². The number of fused-ring (bicyclic) bond motifs is 1. The van der Waals surface area contributed by atoms with Gasteiger partial charge in [0.25, 0.3) is 5.91 Å². The highest BCUT2D eigenvalue weighted by Gasteiger charge is 2.41. The van der Waals surface area contributed by atoms with E-state index >= 15 is 0 Å². The number of amides is 5. The molecule has 4 atom stereocenters. The van der Waals surface area contributed by atoms with Crippen LogP contribution < -0.4 is 20.7 Å². The third-order valence-electron chi connectivity index (χ3n) is 11.7. The summed E-state index contributed by atoms with van der Waals surface area (Å²) in [5.41, 5.74) is 2.10. The molecule has 5 amide bonds. The second-order valence-electron chi connectivity index (χ2n) is 17.5. The summed E-state index contributed by atoms with van der Waals surface area (Å²) in [4.78, 5) is 90.6. The molecule has 3 N–H and O–H groups in total. The second kappa shape index (κ2) is 25.8. The maximum absolute atomic E-state index is 14.8. The normalized spacial score (nSPS) is 14.2. The van der Waals surface area contributed by atoms with E-state index in [1.54, 1.807) is 44.3 Å². The molecule has 17 heteroatoms. The number of nitrogens with zero attached hydrogens (tertiary/aromatic N) is 4. The van der Waals surface area contributed by atoms with Gasteiger partial charge in [-0.25, -0.2) is 4.79 Å². The SMILES string of the molecule is C=CCOC(=O)C[C@H](NC(=O)c1c(OC[C@@H](Cc2ccccc2)NC(=O)[C@@H](C2CCCC2)N(C)C(=O)[C@H](CC(C)C)N(C)C(=O)OCC=C)cnc2ccccc12)C(=O)NCCc1cc(C)no1. The standard InChI is InChI=1S/C51H65N7O10/c1-8-25-65-44(59)30-41(47(60)52-24-23-38-28-34(5)56-68-38)55-48(61)45-39-21-15-16-22-40(39)53-31-43(45)67-32-37(29-35-17-11-10-12-18-35)54-49(62)46(36-19-13-14-20-36)58(7)50(63)42(27-33(3)4)57(6)51(64)66-26-9-2/h8-12,15-18,21-22,28,31,33,36-37,41-42,46H,1-2,13-14,19-20,23-27,29-30,32H2,3-7H3,(H,52,60)(H,54,62)(H,55,61)/t37-,41+,42+,46-/m1/s1. The number of hydrogen-bond acceptors (Lipinski definition) is 12. The van der Waals surface area contributed by atoms with Crippen molar-refractivity contribution in [1.29, 1.82) is 0 Å². The molecule has 1 aliphatic rings. The average Bonchev–Trinajstić information content (AvgIpc) is 4.02. The molecule has 5 rings (SSSR count). The molecule has 2 heterocycles. The Kier molecular flexibility index (Phi) is 19.7. The van der Waals surface area contributed by atoms with E-state index in [-0.39, 0.29) is 61.3 Å². The summed E-state index contributed by atoms with van der Waals surface area (Å²) < 4.78 is 22.2. The summed E-state index contributed by atoms with van der Waals surface area (Å²) in [5.74, 6) is -2.36. The molecule has 0 bridgehead atoms. The van der Waals surface area contributed by atoms with E-state index in [1.807, 2.05) is 44.2 Å². The fourth-order valence-corrected chi connectivity index (χ4v) is 8.36. The first-order valence-corrected chi connectivity index (χ1v) is 23.1. The number of nitrogens with one attached hydrogen (secondary N) is 3. The minimum Gasteiger partial charge on any atom is -0.489 e. The van der Waals surface area contributed by atoms with E-state index in [0.29, 0.717) is 41.6 Å². The third kappa shape index (κ3) is 14.7. The highest BCUT2D eigenvalue weighted by molar-refractivity contribution is 6.09. The molecule has 1 aliphatic carbocycles. The van der Waals surface area contributed by atoms with Crippen molar-refractivity contribution in [1.82, 2.24) is 35.9 Å². The van der Waals surface area contributed by atoms with Gasteiger partial charge >= 0.3 is 12.1 Å². The molecular weight excluding hydrogens is 871 g/mol. The van der Waals surface area contributed by atoms with Crippen LogP contribution in [-0.2, 0) is 41.5 Å². The number of pyridine rings is 1.